The highest BCUT2D eigenvalue weighted by atomic mass is 32.1. The minimum Gasteiger partial charge on any atom is -0.330 e. The predicted octanol–water partition coefficient (Wildman–Crippen LogP) is 3.12. The van der Waals surface area contributed by atoms with Crippen LogP contribution in [0.15, 0.2) is 41.9 Å². The van der Waals surface area contributed by atoms with Crippen molar-refractivity contribution >= 4 is 17.4 Å². The Morgan fingerprint density at radius 2 is 2.17 bits per heavy atom. The molecule has 1 fully saturated rings. The topological polar surface area (TPSA) is 48.5 Å². The Hall–Kier alpha value is -1.92. The van der Waals surface area contributed by atoms with Gasteiger partial charge in [-0.3, -0.25) is 9.88 Å². The summed E-state index contributed by atoms with van der Waals surface area (Å²) in [5.74, 6) is 0. The Kier molecular flexibility index (Phi) is 5.82. The van der Waals surface area contributed by atoms with Gasteiger partial charge in [0.05, 0.1) is 11.7 Å². The van der Waals surface area contributed by atoms with Gasteiger partial charge in [0.15, 0.2) is 0 Å². The summed E-state index contributed by atoms with van der Waals surface area (Å²) in [6.45, 7) is 6.49. The van der Waals surface area contributed by atoms with Crippen LogP contribution < -0.4 is 5.32 Å². The SMILES string of the molecule is C[C@@H](NC(=O)N1CCCN(Cc2cccs2)CC1)c1ccccn1. The van der Waals surface area contributed by atoms with Gasteiger partial charge >= 0.3 is 6.03 Å². The molecule has 0 spiro atoms. The largest absolute Gasteiger partial charge is 0.330 e. The van der Waals surface area contributed by atoms with Crippen molar-refractivity contribution in [2.75, 3.05) is 26.2 Å². The Morgan fingerprint density at radius 3 is 2.92 bits per heavy atom. The molecule has 0 radical (unpaired) electrons. The summed E-state index contributed by atoms with van der Waals surface area (Å²) >= 11 is 1.80. The molecule has 3 heterocycles. The van der Waals surface area contributed by atoms with Gasteiger partial charge in [-0.2, -0.15) is 0 Å². The predicted molar refractivity (Wildman–Crippen MR) is 97.0 cm³/mol. The summed E-state index contributed by atoms with van der Waals surface area (Å²) < 4.78 is 0. The van der Waals surface area contributed by atoms with Gasteiger partial charge in [0.2, 0.25) is 0 Å². The highest BCUT2D eigenvalue weighted by molar-refractivity contribution is 7.09. The van der Waals surface area contributed by atoms with Crippen molar-refractivity contribution in [3.63, 3.8) is 0 Å². The van der Waals surface area contributed by atoms with Gasteiger partial charge in [0.1, 0.15) is 0 Å². The van der Waals surface area contributed by atoms with Crippen LogP contribution in [-0.4, -0.2) is 47.0 Å². The van der Waals surface area contributed by atoms with Gasteiger partial charge in [-0.05, 0) is 36.9 Å². The van der Waals surface area contributed by atoms with Gasteiger partial charge in [-0.15, -0.1) is 11.3 Å². The third-order valence-corrected chi connectivity index (χ3v) is 5.17. The molecule has 3 rings (SSSR count). The maximum atomic E-state index is 12.5. The number of hydrogen-bond acceptors (Lipinski definition) is 4. The maximum absolute atomic E-state index is 12.5. The van der Waals surface area contributed by atoms with E-state index in [1.165, 1.54) is 4.88 Å². The number of urea groups is 1. The maximum Gasteiger partial charge on any atom is 0.317 e. The van der Waals surface area contributed by atoms with Crippen LogP contribution in [0.25, 0.3) is 0 Å². The van der Waals surface area contributed by atoms with E-state index in [2.05, 4.69) is 32.7 Å². The number of aromatic nitrogens is 1. The van der Waals surface area contributed by atoms with Crippen molar-refractivity contribution in [2.24, 2.45) is 0 Å². The molecular weight excluding hydrogens is 320 g/mol. The number of carbonyl (C=O) groups is 1. The average molecular weight is 344 g/mol. The lowest BCUT2D eigenvalue weighted by molar-refractivity contribution is 0.194. The number of thiophene rings is 1. The van der Waals surface area contributed by atoms with Crippen LogP contribution in [0.1, 0.15) is 30.0 Å². The Morgan fingerprint density at radius 1 is 1.25 bits per heavy atom. The third kappa shape index (κ3) is 4.55. The summed E-state index contributed by atoms with van der Waals surface area (Å²) in [4.78, 5) is 22.6. The molecule has 1 saturated heterocycles. The number of rotatable bonds is 4. The molecule has 128 valence electrons. The zero-order chi connectivity index (χ0) is 16.8. The number of nitrogens with one attached hydrogen (secondary N) is 1. The molecule has 1 aliphatic heterocycles. The van der Waals surface area contributed by atoms with Crippen LogP contribution in [0.2, 0.25) is 0 Å². The van der Waals surface area contributed by atoms with E-state index in [-0.39, 0.29) is 12.1 Å². The van der Waals surface area contributed by atoms with Crippen molar-refractivity contribution in [1.82, 2.24) is 20.1 Å². The minimum absolute atomic E-state index is 0.00567. The second kappa shape index (κ2) is 8.26. The van der Waals surface area contributed by atoms with Gasteiger partial charge in [0, 0.05) is 43.8 Å². The average Bonchev–Trinajstić information content (AvgIpc) is 2.99. The van der Waals surface area contributed by atoms with Crippen LogP contribution in [0.5, 0.6) is 0 Å². The van der Waals surface area contributed by atoms with Crippen molar-refractivity contribution < 1.29 is 4.79 Å². The first-order valence-corrected chi connectivity index (χ1v) is 9.31. The fraction of sp³-hybridized carbons (Fsp3) is 0.444. The highest BCUT2D eigenvalue weighted by Crippen LogP contribution is 2.14. The number of hydrogen-bond donors (Lipinski definition) is 1. The first kappa shape index (κ1) is 16.9. The number of nitrogens with zero attached hydrogens (tertiary/aromatic N) is 3. The smallest absolute Gasteiger partial charge is 0.317 e. The van der Waals surface area contributed by atoms with E-state index in [1.807, 2.05) is 30.0 Å². The fourth-order valence-corrected chi connectivity index (χ4v) is 3.68. The summed E-state index contributed by atoms with van der Waals surface area (Å²) in [7, 11) is 0. The normalized spacial score (nSPS) is 17.3. The lowest BCUT2D eigenvalue weighted by Crippen LogP contribution is -2.43. The molecule has 0 saturated carbocycles. The fourth-order valence-electron chi connectivity index (χ4n) is 2.94. The van der Waals surface area contributed by atoms with Gasteiger partial charge < -0.3 is 10.2 Å². The van der Waals surface area contributed by atoms with E-state index in [4.69, 9.17) is 0 Å². The molecule has 1 atom stereocenters. The van der Waals surface area contributed by atoms with E-state index >= 15 is 0 Å². The summed E-state index contributed by atoms with van der Waals surface area (Å²) in [6.07, 6.45) is 2.77. The molecule has 1 N–H and O–H groups in total. The third-order valence-electron chi connectivity index (χ3n) is 4.31. The molecule has 1 aliphatic rings. The van der Waals surface area contributed by atoms with Crippen molar-refractivity contribution in [2.45, 2.75) is 25.9 Å². The second-order valence-electron chi connectivity index (χ2n) is 6.12. The van der Waals surface area contributed by atoms with E-state index in [0.29, 0.717) is 0 Å². The molecular formula is C18H24N4OS. The van der Waals surface area contributed by atoms with Crippen LogP contribution in [0.3, 0.4) is 0 Å². The first-order chi connectivity index (χ1) is 11.7. The van der Waals surface area contributed by atoms with E-state index < -0.39 is 0 Å². The van der Waals surface area contributed by atoms with Gasteiger partial charge in [-0.1, -0.05) is 12.1 Å². The molecule has 2 amide bonds. The lowest BCUT2D eigenvalue weighted by atomic mass is 10.2. The lowest BCUT2D eigenvalue weighted by Gasteiger charge is -2.24. The summed E-state index contributed by atoms with van der Waals surface area (Å²) in [5.41, 5.74) is 0.889. The standard InChI is InChI=1S/C18H24N4OS/c1-15(17-7-2-3-8-19-17)20-18(23)22-10-5-9-21(11-12-22)14-16-6-4-13-24-16/h2-4,6-8,13,15H,5,9-12,14H2,1H3,(H,20,23)/t15-/m1/s1. The molecule has 0 unspecified atom stereocenters. The van der Waals surface area contributed by atoms with E-state index in [1.54, 1.807) is 17.5 Å². The molecule has 2 aromatic rings. The Balaban J connectivity index is 1.51. The van der Waals surface area contributed by atoms with Crippen molar-refractivity contribution in [3.8, 4) is 0 Å². The molecule has 0 aromatic carbocycles. The quantitative estimate of drug-likeness (QED) is 0.927. The monoisotopic (exact) mass is 344 g/mol. The zero-order valence-corrected chi connectivity index (χ0v) is 14.8. The van der Waals surface area contributed by atoms with Crippen LogP contribution in [0.4, 0.5) is 4.79 Å². The summed E-state index contributed by atoms with van der Waals surface area (Å²) in [6, 6.07) is 9.96. The van der Waals surface area contributed by atoms with Crippen LogP contribution >= 0.6 is 11.3 Å². The van der Waals surface area contributed by atoms with Crippen molar-refractivity contribution in [1.29, 1.82) is 0 Å². The highest BCUT2D eigenvalue weighted by Gasteiger charge is 2.21. The number of amides is 2. The van der Waals surface area contributed by atoms with Crippen LogP contribution in [-0.2, 0) is 6.54 Å². The van der Waals surface area contributed by atoms with Gasteiger partial charge in [-0.25, -0.2) is 4.79 Å². The van der Waals surface area contributed by atoms with Gasteiger partial charge in [0.25, 0.3) is 0 Å². The molecule has 0 aliphatic carbocycles. The number of carbonyl (C=O) groups excluding carboxylic acids is 1. The number of pyridine rings is 1. The molecule has 0 bridgehead atoms. The molecule has 6 heteroatoms. The molecule has 24 heavy (non-hydrogen) atoms. The van der Waals surface area contributed by atoms with Crippen LogP contribution in [0, 0.1) is 0 Å². The molecule has 2 aromatic heterocycles. The Labute approximate surface area is 147 Å². The summed E-state index contributed by atoms with van der Waals surface area (Å²) in [5, 5.41) is 5.18. The zero-order valence-electron chi connectivity index (χ0n) is 14.0. The van der Waals surface area contributed by atoms with E-state index in [0.717, 1.165) is 44.8 Å². The Bertz CT molecular complexity index is 632. The van der Waals surface area contributed by atoms with Crippen molar-refractivity contribution in [3.05, 3.63) is 52.5 Å². The first-order valence-electron chi connectivity index (χ1n) is 8.43. The minimum atomic E-state index is -0.0795. The second-order valence-corrected chi connectivity index (χ2v) is 7.15. The molecule has 5 nitrogen and oxygen atoms in total. The van der Waals surface area contributed by atoms with E-state index in [9.17, 15) is 4.79 Å².